The molecule has 0 aliphatic carbocycles. The van der Waals surface area contributed by atoms with Crippen molar-refractivity contribution in [2.24, 2.45) is 5.10 Å². The molecular weight excluding hydrogens is 546 g/mol. The number of hydrogen-bond acceptors (Lipinski definition) is 6. The Morgan fingerprint density at radius 1 is 1.11 bits per heavy atom. The van der Waals surface area contributed by atoms with Crippen LogP contribution < -0.4 is 14.9 Å². The van der Waals surface area contributed by atoms with Gasteiger partial charge in [0.05, 0.1) is 33.4 Å². The van der Waals surface area contributed by atoms with Gasteiger partial charge >= 0.3 is 6.18 Å². The highest BCUT2D eigenvalue weighted by Gasteiger charge is 2.33. The molecule has 7 nitrogen and oxygen atoms in total. The molecule has 1 N–H and O–H groups in total. The number of hydrogen-bond donors (Lipinski definition) is 1. The minimum Gasteiger partial charge on any atom is -0.490 e. The van der Waals surface area contributed by atoms with Gasteiger partial charge in [0.25, 0.3) is 5.69 Å². The predicted octanol–water partition coefficient (Wildman–Crippen LogP) is 8.07. The van der Waals surface area contributed by atoms with Crippen LogP contribution in [0.1, 0.15) is 29.2 Å². The maximum absolute atomic E-state index is 12.9. The first-order valence-electron chi connectivity index (χ1n) is 11.2. The lowest BCUT2D eigenvalue weighted by atomic mass is 10.1. The number of alkyl halides is 3. The minimum absolute atomic E-state index is 0.188. The predicted molar refractivity (Wildman–Crippen MR) is 142 cm³/mol. The molecule has 3 rings (SSSR count). The molecule has 0 heterocycles. The lowest BCUT2D eigenvalue weighted by molar-refractivity contribution is -0.384. The molecular formula is C26H22Cl2F3N3O4. The number of nitrogens with one attached hydrogen (secondary N) is 1. The Hall–Kier alpha value is -3.76. The number of benzene rings is 3. The van der Waals surface area contributed by atoms with Crippen LogP contribution in [0.5, 0.6) is 11.5 Å². The maximum atomic E-state index is 12.9. The first-order chi connectivity index (χ1) is 18.0. The second kappa shape index (κ2) is 12.7. The summed E-state index contributed by atoms with van der Waals surface area (Å²) in [4.78, 5) is 10.4. The molecule has 200 valence electrons. The quantitative estimate of drug-likeness (QED) is 0.109. The fraction of sp³-hybridized carbons (Fsp3) is 0.192. The first kappa shape index (κ1) is 28.8. The summed E-state index contributed by atoms with van der Waals surface area (Å²) in [5.41, 5.74) is 2.42. The number of ether oxygens (including phenoxy) is 2. The zero-order valence-electron chi connectivity index (χ0n) is 20.0. The molecule has 0 aromatic heterocycles. The molecule has 3 aromatic rings. The average Bonchev–Trinajstić information content (AvgIpc) is 2.85. The van der Waals surface area contributed by atoms with E-state index in [1.807, 2.05) is 6.92 Å². The molecule has 3 aromatic carbocycles. The van der Waals surface area contributed by atoms with E-state index in [9.17, 15) is 23.3 Å². The van der Waals surface area contributed by atoms with Gasteiger partial charge in [-0.05, 0) is 60.9 Å². The monoisotopic (exact) mass is 567 g/mol. The van der Waals surface area contributed by atoms with E-state index >= 15 is 0 Å². The van der Waals surface area contributed by atoms with Crippen molar-refractivity contribution >= 4 is 40.8 Å². The third kappa shape index (κ3) is 7.39. The zero-order valence-corrected chi connectivity index (χ0v) is 21.5. The van der Waals surface area contributed by atoms with E-state index in [4.69, 9.17) is 32.7 Å². The summed E-state index contributed by atoms with van der Waals surface area (Å²) in [6.07, 6.45) is -1.25. The first-order valence-corrected chi connectivity index (χ1v) is 11.9. The molecule has 0 spiro atoms. The normalized spacial score (nSPS) is 11.4. The molecule has 0 saturated carbocycles. The number of rotatable bonds is 11. The van der Waals surface area contributed by atoms with Gasteiger partial charge in [-0.2, -0.15) is 18.3 Å². The summed E-state index contributed by atoms with van der Waals surface area (Å²) in [6.45, 7) is 6.11. The Morgan fingerprint density at radius 2 is 1.87 bits per heavy atom. The van der Waals surface area contributed by atoms with E-state index in [-0.39, 0.29) is 12.3 Å². The highest BCUT2D eigenvalue weighted by Crippen LogP contribution is 2.36. The Bertz CT molecular complexity index is 1360. The van der Waals surface area contributed by atoms with Crippen molar-refractivity contribution in [2.75, 3.05) is 12.0 Å². The number of anilines is 1. The van der Waals surface area contributed by atoms with Crippen molar-refractivity contribution in [3.63, 3.8) is 0 Å². The van der Waals surface area contributed by atoms with Crippen molar-refractivity contribution in [1.29, 1.82) is 0 Å². The summed E-state index contributed by atoms with van der Waals surface area (Å²) in [6, 6.07) is 10.7. The molecule has 38 heavy (non-hydrogen) atoms. The zero-order chi connectivity index (χ0) is 27.9. The van der Waals surface area contributed by atoms with Crippen molar-refractivity contribution in [3.8, 4) is 11.5 Å². The van der Waals surface area contributed by atoms with Crippen LogP contribution in [0.2, 0.25) is 10.0 Å². The van der Waals surface area contributed by atoms with Crippen LogP contribution in [-0.4, -0.2) is 17.7 Å². The smallest absolute Gasteiger partial charge is 0.416 e. The summed E-state index contributed by atoms with van der Waals surface area (Å²) in [7, 11) is 0. The molecule has 0 aliphatic heterocycles. The summed E-state index contributed by atoms with van der Waals surface area (Å²) < 4.78 is 50.7. The van der Waals surface area contributed by atoms with E-state index in [0.29, 0.717) is 46.2 Å². The maximum Gasteiger partial charge on any atom is 0.416 e. The van der Waals surface area contributed by atoms with Crippen LogP contribution in [0.3, 0.4) is 0 Å². The molecule has 0 unspecified atom stereocenters. The fourth-order valence-corrected chi connectivity index (χ4v) is 3.73. The molecule has 0 fully saturated rings. The van der Waals surface area contributed by atoms with Crippen LogP contribution in [0.15, 0.2) is 66.3 Å². The Morgan fingerprint density at radius 3 is 2.50 bits per heavy atom. The van der Waals surface area contributed by atoms with Crippen molar-refractivity contribution in [1.82, 2.24) is 0 Å². The molecule has 0 amide bonds. The fourth-order valence-electron chi connectivity index (χ4n) is 3.41. The third-order valence-corrected chi connectivity index (χ3v) is 5.84. The summed E-state index contributed by atoms with van der Waals surface area (Å²) in [5, 5.41) is 16.1. The Balaban J connectivity index is 1.88. The number of hydrazone groups is 1. The van der Waals surface area contributed by atoms with Crippen molar-refractivity contribution in [3.05, 3.63) is 104 Å². The van der Waals surface area contributed by atoms with Gasteiger partial charge in [-0.15, -0.1) is 6.58 Å². The molecule has 12 heteroatoms. The largest absolute Gasteiger partial charge is 0.490 e. The van der Waals surface area contributed by atoms with E-state index in [1.54, 1.807) is 36.4 Å². The third-order valence-electron chi connectivity index (χ3n) is 5.11. The second-order valence-electron chi connectivity index (χ2n) is 7.83. The minimum atomic E-state index is -4.71. The van der Waals surface area contributed by atoms with Gasteiger partial charge in [-0.1, -0.05) is 35.3 Å². The van der Waals surface area contributed by atoms with E-state index < -0.39 is 22.4 Å². The average molecular weight is 568 g/mol. The van der Waals surface area contributed by atoms with Crippen LogP contribution >= 0.6 is 23.2 Å². The lowest BCUT2D eigenvalue weighted by Gasteiger charge is -2.17. The summed E-state index contributed by atoms with van der Waals surface area (Å²) in [5.74, 6) is 0.912. The highest BCUT2D eigenvalue weighted by molar-refractivity contribution is 6.42. The van der Waals surface area contributed by atoms with Gasteiger partial charge in [-0.3, -0.25) is 15.5 Å². The number of nitrogens with zero attached hydrogens (tertiary/aromatic N) is 2. The van der Waals surface area contributed by atoms with Crippen LogP contribution in [-0.2, 0) is 19.2 Å². The van der Waals surface area contributed by atoms with Gasteiger partial charge < -0.3 is 9.47 Å². The number of halogens is 5. The number of nitro groups is 1. The Labute approximate surface area is 226 Å². The van der Waals surface area contributed by atoms with Gasteiger partial charge in [0, 0.05) is 11.6 Å². The molecule has 0 atom stereocenters. The summed E-state index contributed by atoms with van der Waals surface area (Å²) >= 11 is 12.1. The highest BCUT2D eigenvalue weighted by atomic mass is 35.5. The topological polar surface area (TPSA) is 86.0 Å². The molecule has 0 radical (unpaired) electrons. The van der Waals surface area contributed by atoms with Crippen LogP contribution in [0.4, 0.5) is 24.5 Å². The molecule has 0 saturated heterocycles. The Kier molecular flexibility index (Phi) is 9.60. The van der Waals surface area contributed by atoms with E-state index in [0.717, 1.165) is 23.3 Å². The second-order valence-corrected chi connectivity index (χ2v) is 8.64. The van der Waals surface area contributed by atoms with Gasteiger partial charge in [0.1, 0.15) is 12.3 Å². The van der Waals surface area contributed by atoms with Gasteiger partial charge in [0.2, 0.25) is 0 Å². The van der Waals surface area contributed by atoms with Gasteiger partial charge in [0.15, 0.2) is 11.5 Å². The van der Waals surface area contributed by atoms with Crippen LogP contribution in [0.25, 0.3) is 0 Å². The van der Waals surface area contributed by atoms with Crippen molar-refractivity contribution in [2.45, 2.75) is 26.1 Å². The van der Waals surface area contributed by atoms with Gasteiger partial charge in [-0.25, -0.2) is 0 Å². The lowest BCUT2D eigenvalue weighted by Crippen LogP contribution is -2.07. The SMILES string of the molecule is C=CCc1cc(/C=N\Nc2ccc(C(F)(F)F)cc2[N+](=O)[O-])cc(OCC)c1OCc1ccc(Cl)c(Cl)c1. The van der Waals surface area contributed by atoms with E-state index in [2.05, 4.69) is 17.1 Å². The standard InChI is InChI=1S/C26H22Cl2F3N3O4/c1-3-5-18-10-17(14-32-33-22-9-7-19(26(29,30)31)13-23(22)34(35)36)12-24(37-4-2)25(18)38-15-16-6-8-20(27)21(28)11-16/h3,6-14,33H,1,4-5,15H2,2H3/b32-14-. The number of allylic oxidation sites excluding steroid dienone is 1. The molecule has 0 bridgehead atoms. The van der Waals surface area contributed by atoms with Crippen LogP contribution in [0, 0.1) is 10.1 Å². The van der Waals surface area contributed by atoms with Crippen molar-refractivity contribution < 1.29 is 27.6 Å². The number of nitro benzene ring substituents is 1. The van der Waals surface area contributed by atoms with E-state index in [1.165, 1.54) is 6.21 Å². The molecule has 0 aliphatic rings.